The summed E-state index contributed by atoms with van der Waals surface area (Å²) in [5.41, 5.74) is 17.5. The number of hydrogen-bond donors (Lipinski definition) is 0. The van der Waals surface area contributed by atoms with Crippen molar-refractivity contribution in [1.82, 2.24) is 9.13 Å². The van der Waals surface area contributed by atoms with E-state index in [1.54, 1.807) is 0 Å². The van der Waals surface area contributed by atoms with Crippen LogP contribution in [0.1, 0.15) is 25.0 Å². The molecular formula is C51H36N2. The van der Waals surface area contributed by atoms with Gasteiger partial charge in [0.25, 0.3) is 0 Å². The van der Waals surface area contributed by atoms with Gasteiger partial charge in [0.15, 0.2) is 0 Å². The quantitative estimate of drug-likeness (QED) is 0.176. The van der Waals surface area contributed by atoms with Crippen molar-refractivity contribution in [3.05, 3.63) is 193 Å². The van der Waals surface area contributed by atoms with Crippen LogP contribution < -0.4 is 0 Å². The highest BCUT2D eigenvalue weighted by molar-refractivity contribution is 6.17. The molecule has 0 atom stereocenters. The molecule has 0 saturated carbocycles. The number of fused-ring (bicyclic) bond motifs is 9. The van der Waals surface area contributed by atoms with Crippen molar-refractivity contribution in [2.45, 2.75) is 19.3 Å². The largest absolute Gasteiger partial charge is 0.309 e. The van der Waals surface area contributed by atoms with Crippen LogP contribution in [-0.2, 0) is 5.41 Å². The van der Waals surface area contributed by atoms with E-state index in [-0.39, 0.29) is 5.41 Å². The first kappa shape index (κ1) is 30.0. The van der Waals surface area contributed by atoms with Crippen LogP contribution in [0, 0.1) is 0 Å². The maximum Gasteiger partial charge on any atom is 0.0547 e. The predicted octanol–water partition coefficient (Wildman–Crippen LogP) is 13.5. The predicted molar refractivity (Wildman–Crippen MR) is 224 cm³/mol. The van der Waals surface area contributed by atoms with E-state index in [9.17, 15) is 0 Å². The van der Waals surface area contributed by atoms with E-state index in [1.165, 1.54) is 99.5 Å². The minimum absolute atomic E-state index is 0.157. The molecule has 0 fully saturated rings. The van der Waals surface area contributed by atoms with Gasteiger partial charge in [0.1, 0.15) is 0 Å². The van der Waals surface area contributed by atoms with Crippen LogP contribution in [0.3, 0.4) is 0 Å². The fourth-order valence-corrected chi connectivity index (χ4v) is 9.30. The third-order valence-corrected chi connectivity index (χ3v) is 11.7. The van der Waals surface area contributed by atoms with Crippen LogP contribution in [0.5, 0.6) is 0 Å². The average Bonchev–Trinajstić information content (AvgIpc) is 3.81. The summed E-state index contributed by atoms with van der Waals surface area (Å²) in [4.78, 5) is 0. The summed E-state index contributed by atoms with van der Waals surface area (Å²) in [6.07, 6.45) is 0. The maximum atomic E-state index is 2.48. The molecule has 0 spiro atoms. The second kappa shape index (κ2) is 11.2. The van der Waals surface area contributed by atoms with Crippen molar-refractivity contribution in [3.63, 3.8) is 0 Å². The van der Waals surface area contributed by atoms with Crippen LogP contribution in [0.15, 0.2) is 182 Å². The first-order valence-electron chi connectivity index (χ1n) is 18.5. The van der Waals surface area contributed by atoms with E-state index in [0.717, 1.165) is 0 Å². The average molecular weight is 677 g/mol. The van der Waals surface area contributed by atoms with E-state index in [2.05, 4.69) is 205 Å². The molecule has 8 aromatic carbocycles. The van der Waals surface area contributed by atoms with E-state index in [4.69, 9.17) is 0 Å². The van der Waals surface area contributed by atoms with Crippen molar-refractivity contribution in [3.8, 4) is 44.8 Å². The Labute approximate surface area is 308 Å². The third-order valence-electron chi connectivity index (χ3n) is 11.7. The SMILES string of the molecule is CC1(C)c2ccccc2-c2c(-c3cccc4c3c3ccccc3n4-c3ccccc3)cc(-c3ccc4c(c3)c3ccccc3n4-c3ccccc3)cc21. The number of para-hydroxylation sites is 4. The fraction of sp³-hybridized carbons (Fsp3) is 0.0588. The van der Waals surface area contributed by atoms with Gasteiger partial charge in [-0.25, -0.2) is 0 Å². The molecule has 0 bridgehead atoms. The van der Waals surface area contributed by atoms with E-state index in [1.807, 2.05) is 0 Å². The summed E-state index contributed by atoms with van der Waals surface area (Å²) in [7, 11) is 0. The lowest BCUT2D eigenvalue weighted by Crippen LogP contribution is -2.15. The molecule has 0 amide bonds. The van der Waals surface area contributed by atoms with Crippen LogP contribution in [0.2, 0.25) is 0 Å². The third kappa shape index (κ3) is 4.27. The summed E-state index contributed by atoms with van der Waals surface area (Å²) in [6.45, 7) is 4.79. The summed E-state index contributed by atoms with van der Waals surface area (Å²) in [6, 6.07) is 67.1. The smallest absolute Gasteiger partial charge is 0.0547 e. The first-order valence-corrected chi connectivity index (χ1v) is 18.5. The number of hydrogen-bond acceptors (Lipinski definition) is 0. The molecule has 0 unspecified atom stereocenters. The lowest BCUT2D eigenvalue weighted by Gasteiger charge is -2.23. The molecule has 10 aromatic rings. The zero-order valence-electron chi connectivity index (χ0n) is 29.7. The molecule has 2 aromatic heterocycles. The molecule has 1 aliphatic carbocycles. The van der Waals surface area contributed by atoms with Crippen LogP contribution >= 0.6 is 0 Å². The summed E-state index contributed by atoms with van der Waals surface area (Å²) in [5.74, 6) is 0. The second-order valence-corrected chi connectivity index (χ2v) is 14.9. The van der Waals surface area contributed by atoms with E-state index < -0.39 is 0 Å². The van der Waals surface area contributed by atoms with Gasteiger partial charge in [-0.15, -0.1) is 0 Å². The number of nitrogens with zero attached hydrogens (tertiary/aromatic N) is 2. The Hall–Kier alpha value is -6.64. The summed E-state index contributed by atoms with van der Waals surface area (Å²) < 4.78 is 4.82. The molecule has 2 nitrogen and oxygen atoms in total. The molecule has 250 valence electrons. The highest BCUT2D eigenvalue weighted by atomic mass is 15.0. The van der Waals surface area contributed by atoms with Crippen molar-refractivity contribution in [2.24, 2.45) is 0 Å². The van der Waals surface area contributed by atoms with Gasteiger partial charge in [-0.05, 0) is 111 Å². The van der Waals surface area contributed by atoms with Crippen molar-refractivity contribution >= 4 is 43.6 Å². The molecule has 1 aliphatic rings. The topological polar surface area (TPSA) is 9.86 Å². The van der Waals surface area contributed by atoms with Gasteiger partial charge >= 0.3 is 0 Å². The molecule has 11 rings (SSSR count). The second-order valence-electron chi connectivity index (χ2n) is 14.9. The Bertz CT molecular complexity index is 3070. The lowest BCUT2D eigenvalue weighted by molar-refractivity contribution is 0.660. The molecule has 2 heterocycles. The van der Waals surface area contributed by atoms with Crippen molar-refractivity contribution in [2.75, 3.05) is 0 Å². The highest BCUT2D eigenvalue weighted by Crippen LogP contribution is 2.55. The van der Waals surface area contributed by atoms with Gasteiger partial charge < -0.3 is 9.13 Å². The standard InChI is InChI=1S/C51H36N2/c1-51(2)43-24-12-9-21-39(43)49-42(38-23-15-27-48-50(38)40-22-11-14-26-46(40)53(48)36-18-7-4-8-19-36)31-34(32-44(49)51)33-28-29-47-41(30-33)37-20-10-13-25-45(37)52(47)35-16-5-3-6-17-35/h3-32H,1-2H3. The van der Waals surface area contributed by atoms with E-state index in [0.29, 0.717) is 0 Å². The van der Waals surface area contributed by atoms with Gasteiger partial charge in [-0.2, -0.15) is 0 Å². The van der Waals surface area contributed by atoms with Gasteiger partial charge in [0, 0.05) is 38.3 Å². The van der Waals surface area contributed by atoms with Crippen LogP contribution in [-0.4, -0.2) is 9.13 Å². The zero-order chi connectivity index (χ0) is 35.3. The number of rotatable bonds is 4. The Morgan fingerprint density at radius 3 is 1.68 bits per heavy atom. The van der Waals surface area contributed by atoms with Crippen LogP contribution in [0.25, 0.3) is 88.4 Å². The van der Waals surface area contributed by atoms with Gasteiger partial charge in [0.05, 0.1) is 22.1 Å². The van der Waals surface area contributed by atoms with Gasteiger partial charge in [-0.1, -0.05) is 129 Å². The van der Waals surface area contributed by atoms with Crippen molar-refractivity contribution in [1.29, 1.82) is 0 Å². The summed E-state index contributed by atoms with van der Waals surface area (Å²) >= 11 is 0. The molecular weight excluding hydrogens is 641 g/mol. The molecule has 53 heavy (non-hydrogen) atoms. The molecule has 0 saturated heterocycles. The Morgan fingerprint density at radius 2 is 0.925 bits per heavy atom. The Morgan fingerprint density at radius 1 is 0.358 bits per heavy atom. The lowest BCUT2D eigenvalue weighted by atomic mass is 9.80. The first-order chi connectivity index (χ1) is 26.1. The number of benzene rings is 8. The van der Waals surface area contributed by atoms with Crippen molar-refractivity contribution < 1.29 is 0 Å². The van der Waals surface area contributed by atoms with E-state index >= 15 is 0 Å². The van der Waals surface area contributed by atoms with Gasteiger partial charge in [-0.3, -0.25) is 0 Å². The minimum atomic E-state index is -0.157. The summed E-state index contributed by atoms with van der Waals surface area (Å²) in [5, 5.41) is 5.08. The maximum absolute atomic E-state index is 2.48. The monoisotopic (exact) mass is 676 g/mol. The molecule has 0 aliphatic heterocycles. The Kier molecular flexibility index (Phi) is 6.33. The normalized spacial score (nSPS) is 13.2. The Balaban J connectivity index is 1.22. The van der Waals surface area contributed by atoms with Crippen LogP contribution in [0.4, 0.5) is 0 Å². The van der Waals surface area contributed by atoms with Gasteiger partial charge in [0.2, 0.25) is 0 Å². The zero-order valence-corrected chi connectivity index (χ0v) is 29.7. The highest BCUT2D eigenvalue weighted by Gasteiger charge is 2.37. The molecule has 0 radical (unpaired) electrons. The molecule has 0 N–H and O–H groups in total. The number of aromatic nitrogens is 2. The fourth-order valence-electron chi connectivity index (χ4n) is 9.30. The minimum Gasteiger partial charge on any atom is -0.309 e. The molecule has 2 heteroatoms.